The first-order valence-electron chi connectivity index (χ1n) is 6.38. The van der Waals surface area contributed by atoms with Gasteiger partial charge in [0, 0.05) is 19.0 Å². The van der Waals surface area contributed by atoms with Crippen molar-refractivity contribution < 1.29 is 0 Å². The van der Waals surface area contributed by atoms with Crippen LogP contribution in [0.3, 0.4) is 0 Å². The van der Waals surface area contributed by atoms with Crippen molar-refractivity contribution in [2.45, 2.75) is 59.0 Å². The van der Waals surface area contributed by atoms with Gasteiger partial charge in [-0.2, -0.15) is 5.10 Å². The van der Waals surface area contributed by atoms with Gasteiger partial charge in [0.1, 0.15) is 12.2 Å². The molecule has 0 amide bonds. The number of nitrogens with one attached hydrogen (secondary N) is 1. The summed E-state index contributed by atoms with van der Waals surface area (Å²) in [6.07, 6.45) is 6.20. The molecule has 0 fully saturated rings. The molecule has 0 saturated carbocycles. The Morgan fingerprint density at radius 2 is 2.25 bits per heavy atom. The third-order valence-corrected chi connectivity index (χ3v) is 2.72. The first kappa shape index (κ1) is 13.2. The standard InChI is InChI=1S/C12H24N4/c1-4-9-16-12(14-10-15-16)8-6-7-11(3)13-5-2/h10-11,13H,4-9H2,1-3H3. The monoisotopic (exact) mass is 224 g/mol. The number of hydrogen-bond acceptors (Lipinski definition) is 3. The van der Waals surface area contributed by atoms with E-state index in [0.29, 0.717) is 6.04 Å². The Labute approximate surface area is 98.5 Å². The summed E-state index contributed by atoms with van der Waals surface area (Å²) in [5.41, 5.74) is 0. The third-order valence-electron chi connectivity index (χ3n) is 2.72. The molecule has 16 heavy (non-hydrogen) atoms. The van der Waals surface area contributed by atoms with E-state index in [2.05, 4.69) is 36.2 Å². The van der Waals surface area contributed by atoms with E-state index in [-0.39, 0.29) is 0 Å². The van der Waals surface area contributed by atoms with Gasteiger partial charge in [-0.3, -0.25) is 4.68 Å². The van der Waals surface area contributed by atoms with Gasteiger partial charge in [0.15, 0.2) is 0 Å². The molecular formula is C12H24N4. The summed E-state index contributed by atoms with van der Waals surface area (Å²) < 4.78 is 2.03. The van der Waals surface area contributed by atoms with Crippen molar-refractivity contribution in [2.75, 3.05) is 6.54 Å². The molecule has 0 aliphatic heterocycles. The van der Waals surface area contributed by atoms with Gasteiger partial charge in [0.25, 0.3) is 0 Å². The Hall–Kier alpha value is -0.900. The van der Waals surface area contributed by atoms with E-state index >= 15 is 0 Å². The molecule has 1 aromatic rings. The van der Waals surface area contributed by atoms with Gasteiger partial charge in [-0.25, -0.2) is 4.98 Å². The molecule has 0 spiro atoms. The number of rotatable bonds is 8. The van der Waals surface area contributed by atoms with Crippen molar-refractivity contribution in [3.63, 3.8) is 0 Å². The molecule has 1 aromatic heterocycles. The van der Waals surface area contributed by atoms with E-state index in [1.54, 1.807) is 6.33 Å². The van der Waals surface area contributed by atoms with Crippen LogP contribution in [0.2, 0.25) is 0 Å². The molecule has 4 nitrogen and oxygen atoms in total. The van der Waals surface area contributed by atoms with Crippen LogP contribution in [0.4, 0.5) is 0 Å². The lowest BCUT2D eigenvalue weighted by molar-refractivity contribution is 0.497. The molecule has 0 radical (unpaired) electrons. The summed E-state index contributed by atoms with van der Waals surface area (Å²) >= 11 is 0. The molecule has 0 aromatic carbocycles. The van der Waals surface area contributed by atoms with E-state index in [1.165, 1.54) is 12.8 Å². The van der Waals surface area contributed by atoms with Gasteiger partial charge in [-0.05, 0) is 32.7 Å². The van der Waals surface area contributed by atoms with E-state index in [9.17, 15) is 0 Å². The van der Waals surface area contributed by atoms with Crippen molar-refractivity contribution in [1.82, 2.24) is 20.1 Å². The summed E-state index contributed by atoms with van der Waals surface area (Å²) in [7, 11) is 0. The quantitative estimate of drug-likeness (QED) is 0.734. The molecule has 1 N–H and O–H groups in total. The van der Waals surface area contributed by atoms with Crippen LogP contribution in [0.25, 0.3) is 0 Å². The van der Waals surface area contributed by atoms with Crippen LogP contribution in [0, 0.1) is 0 Å². The van der Waals surface area contributed by atoms with Crippen molar-refractivity contribution in [3.05, 3.63) is 12.2 Å². The van der Waals surface area contributed by atoms with E-state index < -0.39 is 0 Å². The second-order valence-corrected chi connectivity index (χ2v) is 4.25. The fraction of sp³-hybridized carbons (Fsp3) is 0.833. The maximum atomic E-state index is 4.31. The topological polar surface area (TPSA) is 42.7 Å². The Balaban J connectivity index is 2.28. The summed E-state index contributed by atoms with van der Waals surface area (Å²) in [6.45, 7) is 8.58. The first-order chi connectivity index (χ1) is 7.77. The Morgan fingerprint density at radius 3 is 2.94 bits per heavy atom. The van der Waals surface area contributed by atoms with E-state index in [4.69, 9.17) is 0 Å². The van der Waals surface area contributed by atoms with Gasteiger partial charge >= 0.3 is 0 Å². The molecule has 0 bridgehead atoms. The Bertz CT molecular complexity index is 282. The van der Waals surface area contributed by atoms with E-state index in [1.807, 2.05) is 4.68 Å². The number of aryl methyl sites for hydroxylation is 2. The van der Waals surface area contributed by atoms with Crippen LogP contribution in [0.5, 0.6) is 0 Å². The highest BCUT2D eigenvalue weighted by atomic mass is 15.3. The van der Waals surface area contributed by atoms with Gasteiger partial charge in [0.2, 0.25) is 0 Å². The zero-order chi connectivity index (χ0) is 11.8. The lowest BCUT2D eigenvalue weighted by atomic mass is 10.1. The minimum Gasteiger partial charge on any atom is -0.315 e. The maximum absolute atomic E-state index is 4.31. The van der Waals surface area contributed by atoms with Crippen LogP contribution in [-0.2, 0) is 13.0 Å². The number of hydrogen-bond donors (Lipinski definition) is 1. The molecule has 1 rings (SSSR count). The normalized spacial score (nSPS) is 12.9. The average Bonchev–Trinajstić information content (AvgIpc) is 2.67. The lowest BCUT2D eigenvalue weighted by Gasteiger charge is -2.11. The number of nitrogens with zero attached hydrogens (tertiary/aromatic N) is 3. The second kappa shape index (κ2) is 7.39. The van der Waals surface area contributed by atoms with Crippen LogP contribution >= 0.6 is 0 Å². The summed E-state index contributed by atoms with van der Waals surface area (Å²) in [4.78, 5) is 4.31. The van der Waals surface area contributed by atoms with Crippen LogP contribution in [-0.4, -0.2) is 27.4 Å². The number of aromatic nitrogens is 3. The highest BCUT2D eigenvalue weighted by molar-refractivity contribution is 4.84. The summed E-state index contributed by atoms with van der Waals surface area (Å²) in [6, 6.07) is 0.604. The molecule has 1 atom stereocenters. The average molecular weight is 224 g/mol. The maximum Gasteiger partial charge on any atom is 0.138 e. The van der Waals surface area contributed by atoms with Crippen molar-refractivity contribution in [2.24, 2.45) is 0 Å². The Kier molecular flexibility index (Phi) is 6.08. The molecular weight excluding hydrogens is 200 g/mol. The van der Waals surface area contributed by atoms with Crippen LogP contribution in [0.15, 0.2) is 6.33 Å². The molecule has 1 heterocycles. The van der Waals surface area contributed by atoms with Crippen molar-refractivity contribution in [3.8, 4) is 0 Å². The zero-order valence-corrected chi connectivity index (χ0v) is 10.7. The predicted molar refractivity (Wildman–Crippen MR) is 66.4 cm³/mol. The largest absolute Gasteiger partial charge is 0.315 e. The molecule has 0 saturated heterocycles. The summed E-state index contributed by atoms with van der Waals surface area (Å²) in [5.74, 6) is 1.13. The van der Waals surface area contributed by atoms with Crippen molar-refractivity contribution >= 4 is 0 Å². The smallest absolute Gasteiger partial charge is 0.138 e. The van der Waals surface area contributed by atoms with Gasteiger partial charge in [0.05, 0.1) is 0 Å². The highest BCUT2D eigenvalue weighted by Crippen LogP contribution is 2.04. The second-order valence-electron chi connectivity index (χ2n) is 4.25. The fourth-order valence-electron chi connectivity index (χ4n) is 1.90. The zero-order valence-electron chi connectivity index (χ0n) is 10.7. The molecule has 1 unspecified atom stereocenters. The fourth-order valence-corrected chi connectivity index (χ4v) is 1.90. The minimum atomic E-state index is 0.604. The van der Waals surface area contributed by atoms with Gasteiger partial charge < -0.3 is 5.32 Å². The van der Waals surface area contributed by atoms with Gasteiger partial charge in [-0.1, -0.05) is 13.8 Å². The molecule has 0 aliphatic rings. The predicted octanol–water partition coefficient (Wildman–Crippen LogP) is 2.01. The summed E-state index contributed by atoms with van der Waals surface area (Å²) in [5, 5.41) is 7.65. The molecule has 0 aliphatic carbocycles. The third kappa shape index (κ3) is 4.31. The first-order valence-corrected chi connectivity index (χ1v) is 6.38. The van der Waals surface area contributed by atoms with Crippen LogP contribution < -0.4 is 5.32 Å². The highest BCUT2D eigenvalue weighted by Gasteiger charge is 2.05. The molecule has 4 heteroatoms. The minimum absolute atomic E-state index is 0.604. The van der Waals surface area contributed by atoms with Crippen LogP contribution in [0.1, 0.15) is 45.9 Å². The van der Waals surface area contributed by atoms with E-state index in [0.717, 1.165) is 31.8 Å². The Morgan fingerprint density at radius 1 is 1.44 bits per heavy atom. The SMILES string of the molecule is CCCn1ncnc1CCCC(C)NCC. The van der Waals surface area contributed by atoms with Gasteiger partial charge in [-0.15, -0.1) is 0 Å². The molecule has 92 valence electrons. The van der Waals surface area contributed by atoms with Crippen molar-refractivity contribution in [1.29, 1.82) is 0 Å². The lowest BCUT2D eigenvalue weighted by Crippen LogP contribution is -2.25.